The lowest BCUT2D eigenvalue weighted by atomic mass is 10.0. The summed E-state index contributed by atoms with van der Waals surface area (Å²) >= 11 is 2.21. The number of nitrogens with one attached hydrogen (secondary N) is 1. The Bertz CT molecular complexity index is 953. The molecule has 1 N–H and O–H groups in total. The van der Waals surface area contributed by atoms with Crippen molar-refractivity contribution in [1.82, 2.24) is 10.3 Å². The van der Waals surface area contributed by atoms with Crippen LogP contribution >= 0.6 is 22.6 Å². The van der Waals surface area contributed by atoms with Crippen molar-refractivity contribution in [2.45, 2.75) is 12.5 Å². The van der Waals surface area contributed by atoms with Crippen LogP contribution in [0.5, 0.6) is 0 Å². The highest BCUT2D eigenvalue weighted by molar-refractivity contribution is 14.1. The zero-order chi connectivity index (χ0) is 18.5. The van der Waals surface area contributed by atoms with Gasteiger partial charge < -0.3 is 10.1 Å². The quantitative estimate of drug-likeness (QED) is 0.469. The number of rotatable bonds is 5. The lowest BCUT2D eigenvalue weighted by molar-refractivity contribution is -0.142. The van der Waals surface area contributed by atoms with E-state index in [2.05, 4.69) is 32.9 Å². The maximum absolute atomic E-state index is 12.8. The molecule has 0 spiro atoms. The van der Waals surface area contributed by atoms with E-state index in [0.717, 1.165) is 20.0 Å². The number of nitrogens with zero attached hydrogens (tertiary/aromatic N) is 1. The summed E-state index contributed by atoms with van der Waals surface area (Å²) in [5.74, 6) is -0.805. The van der Waals surface area contributed by atoms with E-state index in [9.17, 15) is 9.59 Å². The Morgan fingerprint density at radius 1 is 1.15 bits per heavy atom. The van der Waals surface area contributed by atoms with Gasteiger partial charge in [-0.3, -0.25) is 9.78 Å². The fourth-order valence-electron chi connectivity index (χ4n) is 2.77. The Morgan fingerprint density at radius 2 is 1.96 bits per heavy atom. The molecule has 26 heavy (non-hydrogen) atoms. The maximum Gasteiger partial charge on any atom is 0.328 e. The minimum Gasteiger partial charge on any atom is -0.467 e. The minimum absolute atomic E-state index is 0.329. The average molecular weight is 460 g/mol. The number of para-hydroxylation sites is 1. The SMILES string of the molecule is COC(=O)[C@@H](Cc1cccc(I)c1)NC(=O)c1ccnc2ccccc12. The van der Waals surface area contributed by atoms with Crippen molar-refractivity contribution < 1.29 is 14.3 Å². The number of amides is 1. The van der Waals surface area contributed by atoms with Crippen molar-refractivity contribution >= 4 is 45.4 Å². The molecule has 1 aromatic heterocycles. The summed E-state index contributed by atoms with van der Waals surface area (Å²) in [6.07, 6.45) is 1.95. The Balaban J connectivity index is 1.86. The van der Waals surface area contributed by atoms with Crippen LogP contribution in [0.1, 0.15) is 15.9 Å². The number of hydrogen-bond donors (Lipinski definition) is 1. The highest BCUT2D eigenvalue weighted by Crippen LogP contribution is 2.17. The molecule has 0 aliphatic rings. The fraction of sp³-hybridized carbons (Fsp3) is 0.150. The smallest absolute Gasteiger partial charge is 0.328 e. The van der Waals surface area contributed by atoms with Crippen LogP contribution in [0.4, 0.5) is 0 Å². The summed E-state index contributed by atoms with van der Waals surface area (Å²) in [4.78, 5) is 29.2. The average Bonchev–Trinajstić information content (AvgIpc) is 2.66. The molecule has 0 bridgehead atoms. The van der Waals surface area contributed by atoms with Gasteiger partial charge >= 0.3 is 5.97 Å². The number of benzene rings is 2. The van der Waals surface area contributed by atoms with E-state index in [1.165, 1.54) is 7.11 Å². The summed E-state index contributed by atoms with van der Waals surface area (Å²) in [6, 6.07) is 16.1. The molecule has 0 saturated carbocycles. The molecule has 3 aromatic rings. The largest absolute Gasteiger partial charge is 0.467 e. The van der Waals surface area contributed by atoms with Gasteiger partial charge in [0.2, 0.25) is 0 Å². The van der Waals surface area contributed by atoms with E-state index in [1.54, 1.807) is 12.3 Å². The van der Waals surface area contributed by atoms with Crippen molar-refractivity contribution in [1.29, 1.82) is 0 Å². The molecule has 0 radical (unpaired) electrons. The van der Waals surface area contributed by atoms with Gasteiger partial charge in [-0.25, -0.2) is 4.79 Å². The van der Waals surface area contributed by atoms with Crippen LogP contribution in [0.25, 0.3) is 10.9 Å². The first-order valence-corrected chi connectivity index (χ1v) is 9.13. The van der Waals surface area contributed by atoms with E-state index in [-0.39, 0.29) is 5.91 Å². The molecular formula is C20H17IN2O3. The number of fused-ring (bicyclic) bond motifs is 1. The topological polar surface area (TPSA) is 68.3 Å². The van der Waals surface area contributed by atoms with Crippen molar-refractivity contribution in [3.63, 3.8) is 0 Å². The zero-order valence-electron chi connectivity index (χ0n) is 14.1. The predicted molar refractivity (Wildman–Crippen MR) is 108 cm³/mol. The number of halogens is 1. The maximum atomic E-state index is 12.8. The normalized spacial score (nSPS) is 11.8. The lowest BCUT2D eigenvalue weighted by Crippen LogP contribution is -2.43. The number of aromatic nitrogens is 1. The van der Waals surface area contributed by atoms with Crippen molar-refractivity contribution in [2.75, 3.05) is 7.11 Å². The molecule has 0 unspecified atom stereocenters. The van der Waals surface area contributed by atoms with E-state index in [4.69, 9.17) is 4.74 Å². The van der Waals surface area contributed by atoms with Gasteiger partial charge in [-0.05, 0) is 52.4 Å². The molecule has 1 amide bonds. The predicted octanol–water partition coefficient (Wildman–Crippen LogP) is 3.35. The van der Waals surface area contributed by atoms with Gasteiger partial charge in [0.15, 0.2) is 0 Å². The Labute approximate surface area is 164 Å². The monoisotopic (exact) mass is 460 g/mol. The number of carbonyl (C=O) groups excluding carboxylic acids is 2. The van der Waals surface area contributed by atoms with Crippen LogP contribution in [0.2, 0.25) is 0 Å². The first-order chi connectivity index (χ1) is 12.6. The Hall–Kier alpha value is -2.48. The lowest BCUT2D eigenvalue weighted by Gasteiger charge is -2.17. The molecule has 0 fully saturated rings. The third kappa shape index (κ3) is 4.19. The first-order valence-electron chi connectivity index (χ1n) is 8.05. The second-order valence-corrected chi connectivity index (χ2v) is 7.00. The number of carbonyl (C=O) groups is 2. The molecular weight excluding hydrogens is 443 g/mol. The third-order valence-electron chi connectivity index (χ3n) is 4.01. The molecule has 0 aliphatic heterocycles. The van der Waals surface area contributed by atoms with Crippen LogP contribution in [0, 0.1) is 3.57 Å². The van der Waals surface area contributed by atoms with Gasteiger partial charge in [0, 0.05) is 21.6 Å². The summed E-state index contributed by atoms with van der Waals surface area (Å²) in [7, 11) is 1.32. The van der Waals surface area contributed by atoms with Gasteiger partial charge in [0.1, 0.15) is 6.04 Å². The highest BCUT2D eigenvalue weighted by atomic mass is 127. The molecule has 1 atom stereocenters. The molecule has 6 heteroatoms. The fourth-order valence-corrected chi connectivity index (χ4v) is 3.37. The van der Waals surface area contributed by atoms with E-state index < -0.39 is 12.0 Å². The molecule has 1 heterocycles. The van der Waals surface area contributed by atoms with Crippen LogP contribution in [-0.2, 0) is 16.0 Å². The standard InChI is InChI=1S/C20H17IN2O3/c1-26-20(25)18(12-13-5-4-6-14(21)11-13)23-19(24)16-9-10-22-17-8-3-2-7-15(16)17/h2-11,18H,12H2,1H3,(H,23,24)/t18-/m1/s1. The van der Waals surface area contributed by atoms with Gasteiger partial charge in [0.05, 0.1) is 18.2 Å². The molecule has 5 nitrogen and oxygen atoms in total. The van der Waals surface area contributed by atoms with E-state index in [1.807, 2.05) is 48.5 Å². The van der Waals surface area contributed by atoms with Crippen LogP contribution in [-0.4, -0.2) is 30.0 Å². The van der Waals surface area contributed by atoms with Crippen molar-refractivity contribution in [2.24, 2.45) is 0 Å². The summed E-state index contributed by atoms with van der Waals surface area (Å²) in [5, 5.41) is 3.54. The first kappa shape index (κ1) is 18.3. The summed E-state index contributed by atoms with van der Waals surface area (Å²) < 4.78 is 5.94. The Morgan fingerprint density at radius 3 is 2.73 bits per heavy atom. The molecule has 132 valence electrons. The highest BCUT2D eigenvalue weighted by Gasteiger charge is 2.23. The zero-order valence-corrected chi connectivity index (χ0v) is 16.3. The number of hydrogen-bond acceptors (Lipinski definition) is 4. The summed E-state index contributed by atoms with van der Waals surface area (Å²) in [6.45, 7) is 0. The van der Waals surface area contributed by atoms with E-state index >= 15 is 0 Å². The number of esters is 1. The Kier molecular flexibility index (Phi) is 5.82. The van der Waals surface area contributed by atoms with Crippen LogP contribution < -0.4 is 5.32 Å². The number of methoxy groups -OCH3 is 1. The van der Waals surface area contributed by atoms with E-state index in [0.29, 0.717) is 12.0 Å². The van der Waals surface area contributed by atoms with Crippen LogP contribution in [0.15, 0.2) is 60.8 Å². The summed E-state index contributed by atoms with van der Waals surface area (Å²) in [5.41, 5.74) is 2.16. The van der Waals surface area contributed by atoms with Crippen molar-refractivity contribution in [3.05, 3.63) is 75.5 Å². The molecule has 0 saturated heterocycles. The number of ether oxygens (including phenoxy) is 1. The van der Waals surface area contributed by atoms with Gasteiger partial charge in [-0.15, -0.1) is 0 Å². The molecule has 2 aromatic carbocycles. The van der Waals surface area contributed by atoms with Gasteiger partial charge in [0.25, 0.3) is 5.91 Å². The van der Waals surface area contributed by atoms with Gasteiger partial charge in [-0.2, -0.15) is 0 Å². The van der Waals surface area contributed by atoms with Crippen molar-refractivity contribution in [3.8, 4) is 0 Å². The molecule has 3 rings (SSSR count). The second-order valence-electron chi connectivity index (χ2n) is 5.76. The third-order valence-corrected chi connectivity index (χ3v) is 4.68. The van der Waals surface area contributed by atoms with Crippen LogP contribution in [0.3, 0.4) is 0 Å². The number of pyridine rings is 1. The minimum atomic E-state index is -0.766. The molecule has 0 aliphatic carbocycles. The second kappa shape index (κ2) is 8.27. The van der Waals surface area contributed by atoms with Gasteiger partial charge in [-0.1, -0.05) is 30.3 Å².